The Labute approximate surface area is 81.3 Å². The number of hydrogen-bond acceptors (Lipinski definition) is 3. The molecule has 3 N–H and O–H groups in total. The first-order valence-corrected chi connectivity index (χ1v) is 5.06. The van der Waals surface area contributed by atoms with E-state index in [4.69, 9.17) is 10.5 Å². The van der Waals surface area contributed by atoms with Crippen molar-refractivity contribution in [3.63, 3.8) is 0 Å². The molecule has 0 aliphatic heterocycles. The van der Waals surface area contributed by atoms with E-state index in [2.05, 4.69) is 0 Å². The van der Waals surface area contributed by atoms with Crippen LogP contribution in [0.5, 0.6) is 0 Å². The minimum Gasteiger partial charge on any atom is -0.390 e. The van der Waals surface area contributed by atoms with E-state index in [1.165, 1.54) is 0 Å². The number of ether oxygens (including phenoxy) is 1. The maximum absolute atomic E-state index is 9.40. The van der Waals surface area contributed by atoms with E-state index in [1.807, 2.05) is 13.8 Å². The number of rotatable bonds is 8. The van der Waals surface area contributed by atoms with Crippen LogP contribution in [0.25, 0.3) is 0 Å². The normalized spacial score (nSPS) is 12.0. The highest BCUT2D eigenvalue weighted by atomic mass is 16.5. The Kier molecular flexibility index (Phi) is 7.23. The van der Waals surface area contributed by atoms with Gasteiger partial charge in [0.15, 0.2) is 0 Å². The first-order chi connectivity index (χ1) is 6.06. The molecule has 0 saturated carbocycles. The lowest BCUT2D eigenvalue weighted by molar-refractivity contribution is 0.0628. The fraction of sp³-hybridized carbons (Fsp3) is 1.00. The fourth-order valence-electron chi connectivity index (χ4n) is 1.05. The third-order valence-electron chi connectivity index (χ3n) is 1.82. The molecule has 0 spiro atoms. The van der Waals surface area contributed by atoms with Crippen LogP contribution in [0, 0.1) is 0 Å². The Hall–Kier alpha value is -0.120. The quantitative estimate of drug-likeness (QED) is 0.566. The Morgan fingerprint density at radius 2 is 1.77 bits per heavy atom. The summed E-state index contributed by atoms with van der Waals surface area (Å²) in [5.41, 5.74) is 4.78. The summed E-state index contributed by atoms with van der Waals surface area (Å²) in [5.74, 6) is 0. The SMILES string of the molecule is CC(C)(O)CCCCOCCCN. The smallest absolute Gasteiger partial charge is 0.0591 e. The van der Waals surface area contributed by atoms with E-state index in [1.54, 1.807) is 0 Å². The molecule has 0 unspecified atom stereocenters. The van der Waals surface area contributed by atoms with Crippen molar-refractivity contribution in [3.8, 4) is 0 Å². The molecule has 0 radical (unpaired) electrons. The third kappa shape index (κ3) is 11.9. The first kappa shape index (κ1) is 12.9. The minimum absolute atomic E-state index is 0.530. The molecule has 3 heteroatoms. The van der Waals surface area contributed by atoms with Crippen molar-refractivity contribution < 1.29 is 9.84 Å². The highest BCUT2D eigenvalue weighted by molar-refractivity contribution is 4.63. The zero-order chi connectivity index (χ0) is 10.2. The largest absolute Gasteiger partial charge is 0.390 e. The summed E-state index contributed by atoms with van der Waals surface area (Å²) in [7, 11) is 0. The van der Waals surface area contributed by atoms with Gasteiger partial charge in [-0.15, -0.1) is 0 Å². The summed E-state index contributed by atoms with van der Waals surface area (Å²) in [4.78, 5) is 0. The molecule has 0 saturated heterocycles. The molecular weight excluding hydrogens is 166 g/mol. The van der Waals surface area contributed by atoms with Crippen LogP contribution in [-0.2, 0) is 4.74 Å². The second-order valence-corrected chi connectivity index (χ2v) is 4.02. The van der Waals surface area contributed by atoms with Crippen LogP contribution in [0.4, 0.5) is 0 Å². The lowest BCUT2D eigenvalue weighted by Gasteiger charge is -2.16. The zero-order valence-corrected chi connectivity index (χ0v) is 8.88. The van der Waals surface area contributed by atoms with Gasteiger partial charge in [0.25, 0.3) is 0 Å². The Morgan fingerprint density at radius 3 is 2.31 bits per heavy atom. The van der Waals surface area contributed by atoms with Gasteiger partial charge in [-0.25, -0.2) is 0 Å². The second-order valence-electron chi connectivity index (χ2n) is 4.02. The molecule has 0 atom stereocenters. The topological polar surface area (TPSA) is 55.5 Å². The van der Waals surface area contributed by atoms with Crippen molar-refractivity contribution in [3.05, 3.63) is 0 Å². The molecule has 0 fully saturated rings. The standard InChI is InChI=1S/C10H23NO2/c1-10(2,12)6-3-4-8-13-9-5-7-11/h12H,3-9,11H2,1-2H3. The average Bonchev–Trinajstić information content (AvgIpc) is 2.01. The lowest BCUT2D eigenvalue weighted by Crippen LogP contribution is -2.18. The molecule has 0 aromatic carbocycles. The molecule has 80 valence electrons. The van der Waals surface area contributed by atoms with E-state index in [0.29, 0.717) is 6.54 Å². The number of hydrogen-bond donors (Lipinski definition) is 2. The molecule has 0 aromatic rings. The minimum atomic E-state index is -0.530. The van der Waals surface area contributed by atoms with Crippen molar-refractivity contribution in [1.29, 1.82) is 0 Å². The molecule has 0 aromatic heterocycles. The zero-order valence-electron chi connectivity index (χ0n) is 8.88. The highest BCUT2D eigenvalue weighted by Gasteiger charge is 2.10. The Balaban J connectivity index is 3.00. The maximum Gasteiger partial charge on any atom is 0.0591 e. The van der Waals surface area contributed by atoms with E-state index in [-0.39, 0.29) is 0 Å². The van der Waals surface area contributed by atoms with E-state index in [9.17, 15) is 5.11 Å². The number of aliphatic hydroxyl groups is 1. The molecule has 0 bridgehead atoms. The van der Waals surface area contributed by atoms with Crippen molar-refractivity contribution in [2.75, 3.05) is 19.8 Å². The molecule has 0 rings (SSSR count). The first-order valence-electron chi connectivity index (χ1n) is 5.06. The molecule has 0 aliphatic carbocycles. The predicted octanol–water partition coefficient (Wildman–Crippen LogP) is 1.29. The van der Waals surface area contributed by atoms with Gasteiger partial charge in [-0.1, -0.05) is 0 Å². The third-order valence-corrected chi connectivity index (χ3v) is 1.82. The van der Waals surface area contributed by atoms with Crippen LogP contribution >= 0.6 is 0 Å². The lowest BCUT2D eigenvalue weighted by atomic mass is 10.0. The van der Waals surface area contributed by atoms with E-state index < -0.39 is 5.60 Å². The number of unbranched alkanes of at least 4 members (excludes halogenated alkanes) is 1. The average molecular weight is 189 g/mol. The van der Waals surface area contributed by atoms with Gasteiger partial charge in [-0.2, -0.15) is 0 Å². The maximum atomic E-state index is 9.40. The summed E-state index contributed by atoms with van der Waals surface area (Å²) in [6.45, 7) is 5.92. The van der Waals surface area contributed by atoms with Crippen LogP contribution in [0.15, 0.2) is 0 Å². The van der Waals surface area contributed by atoms with Crippen LogP contribution in [-0.4, -0.2) is 30.5 Å². The van der Waals surface area contributed by atoms with Gasteiger partial charge in [0, 0.05) is 13.2 Å². The Morgan fingerprint density at radius 1 is 1.15 bits per heavy atom. The van der Waals surface area contributed by atoms with Gasteiger partial charge in [0.05, 0.1) is 5.60 Å². The van der Waals surface area contributed by atoms with Gasteiger partial charge in [0.1, 0.15) is 0 Å². The van der Waals surface area contributed by atoms with Gasteiger partial charge in [0.2, 0.25) is 0 Å². The highest BCUT2D eigenvalue weighted by Crippen LogP contribution is 2.11. The van der Waals surface area contributed by atoms with Crippen LogP contribution < -0.4 is 5.73 Å². The summed E-state index contributed by atoms with van der Waals surface area (Å²) >= 11 is 0. The summed E-state index contributed by atoms with van der Waals surface area (Å²) < 4.78 is 5.33. The molecular formula is C10H23NO2. The monoisotopic (exact) mass is 189 g/mol. The second kappa shape index (κ2) is 7.30. The predicted molar refractivity (Wildman–Crippen MR) is 54.6 cm³/mol. The van der Waals surface area contributed by atoms with Gasteiger partial charge < -0.3 is 15.6 Å². The van der Waals surface area contributed by atoms with Gasteiger partial charge in [-0.3, -0.25) is 0 Å². The fourth-order valence-corrected chi connectivity index (χ4v) is 1.05. The van der Waals surface area contributed by atoms with Crippen LogP contribution in [0.3, 0.4) is 0 Å². The van der Waals surface area contributed by atoms with Gasteiger partial charge in [-0.05, 0) is 46.1 Å². The van der Waals surface area contributed by atoms with Gasteiger partial charge >= 0.3 is 0 Å². The van der Waals surface area contributed by atoms with Crippen molar-refractivity contribution >= 4 is 0 Å². The summed E-state index contributed by atoms with van der Waals surface area (Å²) in [6.07, 6.45) is 3.82. The van der Waals surface area contributed by atoms with E-state index in [0.717, 1.165) is 38.9 Å². The molecule has 0 amide bonds. The molecule has 13 heavy (non-hydrogen) atoms. The van der Waals surface area contributed by atoms with Crippen molar-refractivity contribution in [2.24, 2.45) is 5.73 Å². The summed E-state index contributed by atoms with van der Waals surface area (Å²) in [6, 6.07) is 0. The molecule has 0 aliphatic rings. The summed E-state index contributed by atoms with van der Waals surface area (Å²) in [5, 5.41) is 9.40. The van der Waals surface area contributed by atoms with Crippen LogP contribution in [0.2, 0.25) is 0 Å². The van der Waals surface area contributed by atoms with Crippen LogP contribution in [0.1, 0.15) is 39.5 Å². The molecule has 3 nitrogen and oxygen atoms in total. The van der Waals surface area contributed by atoms with Crippen molar-refractivity contribution in [2.45, 2.75) is 45.1 Å². The Bertz CT molecular complexity index is 110. The number of nitrogens with two attached hydrogens (primary N) is 1. The molecule has 0 heterocycles. The van der Waals surface area contributed by atoms with E-state index >= 15 is 0 Å². The van der Waals surface area contributed by atoms with Crippen molar-refractivity contribution in [1.82, 2.24) is 0 Å².